The zero-order valence-corrected chi connectivity index (χ0v) is 11.2. The minimum atomic E-state index is -0.180. The summed E-state index contributed by atoms with van der Waals surface area (Å²) in [5.41, 5.74) is 2.07. The van der Waals surface area contributed by atoms with Gasteiger partial charge in [0.2, 0.25) is 5.91 Å². The van der Waals surface area contributed by atoms with Crippen LogP contribution in [-0.4, -0.2) is 32.0 Å². The largest absolute Gasteiger partial charge is 0.355 e. The molecular formula is C14H19N3O2. The minimum Gasteiger partial charge on any atom is -0.355 e. The molecule has 0 heterocycles. The van der Waals surface area contributed by atoms with Crippen LogP contribution in [-0.2, 0) is 4.79 Å². The van der Waals surface area contributed by atoms with Gasteiger partial charge in [-0.1, -0.05) is 12.1 Å². The molecule has 0 unspecified atom stereocenters. The van der Waals surface area contributed by atoms with E-state index in [9.17, 15) is 9.59 Å². The van der Waals surface area contributed by atoms with Crippen molar-refractivity contribution in [3.8, 4) is 0 Å². The fraction of sp³-hybridized carbons (Fsp3) is 0.286. The van der Waals surface area contributed by atoms with Crippen LogP contribution in [0.1, 0.15) is 15.9 Å². The van der Waals surface area contributed by atoms with E-state index in [1.807, 2.05) is 6.92 Å². The van der Waals surface area contributed by atoms with Gasteiger partial charge in [-0.2, -0.15) is 0 Å². The maximum Gasteiger partial charge on any atom is 0.251 e. The molecule has 0 radical (unpaired) electrons. The first-order valence-electron chi connectivity index (χ1n) is 6.02. The average Bonchev–Trinajstić information content (AvgIpc) is 2.40. The Morgan fingerprint density at radius 1 is 1.37 bits per heavy atom. The lowest BCUT2D eigenvalue weighted by molar-refractivity contribution is -0.115. The normalized spacial score (nSPS) is 9.79. The monoisotopic (exact) mass is 261 g/mol. The number of aryl methyl sites for hydroxylation is 1. The quantitative estimate of drug-likeness (QED) is 0.530. The van der Waals surface area contributed by atoms with Gasteiger partial charge in [0.1, 0.15) is 0 Å². The number of nitrogens with one attached hydrogen (secondary N) is 3. The van der Waals surface area contributed by atoms with Gasteiger partial charge in [-0.3, -0.25) is 9.59 Å². The summed E-state index contributed by atoms with van der Waals surface area (Å²) in [6.45, 7) is 6.21. The van der Waals surface area contributed by atoms with Gasteiger partial charge < -0.3 is 16.0 Å². The first kappa shape index (κ1) is 14.9. The van der Waals surface area contributed by atoms with Crippen molar-refractivity contribution in [2.45, 2.75) is 6.92 Å². The number of hydrogen-bond acceptors (Lipinski definition) is 3. The SMILES string of the molecule is C=CCNCC(=O)Nc1cc(C(=O)NC)ccc1C. The van der Waals surface area contributed by atoms with Gasteiger partial charge in [0.25, 0.3) is 5.91 Å². The highest BCUT2D eigenvalue weighted by molar-refractivity contribution is 5.98. The van der Waals surface area contributed by atoms with E-state index in [0.29, 0.717) is 17.8 Å². The number of amides is 2. The third-order valence-corrected chi connectivity index (χ3v) is 2.58. The van der Waals surface area contributed by atoms with E-state index in [-0.39, 0.29) is 18.4 Å². The van der Waals surface area contributed by atoms with Crippen LogP contribution in [0, 0.1) is 6.92 Å². The maximum atomic E-state index is 11.7. The molecular weight excluding hydrogens is 242 g/mol. The number of carbonyl (C=O) groups is 2. The fourth-order valence-corrected chi connectivity index (χ4v) is 1.52. The van der Waals surface area contributed by atoms with Crippen molar-refractivity contribution in [3.63, 3.8) is 0 Å². The third-order valence-electron chi connectivity index (χ3n) is 2.58. The van der Waals surface area contributed by atoms with E-state index in [4.69, 9.17) is 0 Å². The molecule has 1 aromatic carbocycles. The van der Waals surface area contributed by atoms with Crippen molar-refractivity contribution in [1.29, 1.82) is 0 Å². The van der Waals surface area contributed by atoms with E-state index in [2.05, 4.69) is 22.5 Å². The molecule has 5 nitrogen and oxygen atoms in total. The second-order valence-corrected chi connectivity index (χ2v) is 4.08. The van der Waals surface area contributed by atoms with Crippen LogP contribution in [0.25, 0.3) is 0 Å². The second kappa shape index (κ2) is 7.33. The molecule has 1 rings (SSSR count). The summed E-state index contributed by atoms with van der Waals surface area (Å²) in [7, 11) is 1.57. The molecule has 0 aliphatic carbocycles. The van der Waals surface area contributed by atoms with Gasteiger partial charge in [-0.25, -0.2) is 0 Å². The Morgan fingerprint density at radius 3 is 2.74 bits per heavy atom. The lowest BCUT2D eigenvalue weighted by Crippen LogP contribution is -2.28. The molecule has 0 saturated heterocycles. The Kier molecular flexibility index (Phi) is 5.75. The molecule has 5 heteroatoms. The van der Waals surface area contributed by atoms with Crippen molar-refractivity contribution in [2.24, 2.45) is 0 Å². The molecule has 0 saturated carbocycles. The highest BCUT2D eigenvalue weighted by Crippen LogP contribution is 2.16. The predicted molar refractivity (Wildman–Crippen MR) is 76.3 cm³/mol. The molecule has 102 valence electrons. The first-order valence-corrected chi connectivity index (χ1v) is 6.02. The topological polar surface area (TPSA) is 70.2 Å². The van der Waals surface area contributed by atoms with Gasteiger partial charge in [0, 0.05) is 24.8 Å². The summed E-state index contributed by atoms with van der Waals surface area (Å²) in [5.74, 6) is -0.334. The summed E-state index contributed by atoms with van der Waals surface area (Å²) >= 11 is 0. The molecule has 0 aliphatic heterocycles. The van der Waals surface area contributed by atoms with E-state index in [1.54, 1.807) is 31.3 Å². The number of hydrogen-bond donors (Lipinski definition) is 3. The van der Waals surface area contributed by atoms with Crippen molar-refractivity contribution in [1.82, 2.24) is 10.6 Å². The van der Waals surface area contributed by atoms with E-state index < -0.39 is 0 Å². The van der Waals surface area contributed by atoms with Crippen LogP contribution in [0.5, 0.6) is 0 Å². The molecule has 3 N–H and O–H groups in total. The summed E-state index contributed by atoms with van der Waals surface area (Å²) in [5, 5.41) is 8.23. The molecule has 0 bridgehead atoms. The molecule has 0 atom stereocenters. The van der Waals surface area contributed by atoms with Crippen molar-refractivity contribution >= 4 is 17.5 Å². The lowest BCUT2D eigenvalue weighted by atomic mass is 10.1. The molecule has 0 fully saturated rings. The van der Waals surface area contributed by atoms with Crippen LogP contribution in [0.4, 0.5) is 5.69 Å². The third kappa shape index (κ3) is 4.56. The highest BCUT2D eigenvalue weighted by atomic mass is 16.2. The van der Waals surface area contributed by atoms with Crippen LogP contribution < -0.4 is 16.0 Å². The predicted octanol–water partition coefficient (Wildman–Crippen LogP) is 1.07. The van der Waals surface area contributed by atoms with Crippen molar-refractivity contribution < 1.29 is 9.59 Å². The minimum absolute atomic E-state index is 0.154. The molecule has 2 amide bonds. The summed E-state index contributed by atoms with van der Waals surface area (Å²) < 4.78 is 0. The Morgan fingerprint density at radius 2 is 2.11 bits per heavy atom. The fourth-order valence-electron chi connectivity index (χ4n) is 1.52. The lowest BCUT2D eigenvalue weighted by Gasteiger charge is -2.10. The van der Waals surface area contributed by atoms with Gasteiger partial charge in [0.05, 0.1) is 6.54 Å². The van der Waals surface area contributed by atoms with Crippen LogP contribution >= 0.6 is 0 Å². The van der Waals surface area contributed by atoms with Gasteiger partial charge in [-0.15, -0.1) is 6.58 Å². The number of rotatable bonds is 6. The standard InChI is InChI=1S/C14H19N3O2/c1-4-7-16-9-13(18)17-12-8-11(14(19)15-3)6-5-10(12)2/h4-6,8,16H,1,7,9H2,2-3H3,(H,15,19)(H,17,18). The molecule has 19 heavy (non-hydrogen) atoms. The van der Waals surface area contributed by atoms with Crippen LogP contribution in [0.2, 0.25) is 0 Å². The average molecular weight is 261 g/mol. The second-order valence-electron chi connectivity index (χ2n) is 4.08. The number of carbonyl (C=O) groups excluding carboxylic acids is 2. The molecule has 1 aromatic rings. The summed E-state index contributed by atoms with van der Waals surface area (Å²) in [4.78, 5) is 23.2. The van der Waals surface area contributed by atoms with Crippen LogP contribution in [0.15, 0.2) is 30.9 Å². The van der Waals surface area contributed by atoms with Gasteiger partial charge in [0.15, 0.2) is 0 Å². The van der Waals surface area contributed by atoms with E-state index >= 15 is 0 Å². The van der Waals surface area contributed by atoms with Crippen LogP contribution in [0.3, 0.4) is 0 Å². The van der Waals surface area contributed by atoms with Gasteiger partial charge in [-0.05, 0) is 24.6 Å². The summed E-state index contributed by atoms with van der Waals surface area (Å²) in [6.07, 6.45) is 1.69. The molecule has 0 spiro atoms. The molecule has 0 aliphatic rings. The Bertz CT molecular complexity index is 484. The maximum absolute atomic E-state index is 11.7. The van der Waals surface area contributed by atoms with Gasteiger partial charge >= 0.3 is 0 Å². The Labute approximate surface area is 113 Å². The molecule has 0 aromatic heterocycles. The van der Waals surface area contributed by atoms with E-state index in [0.717, 1.165) is 5.56 Å². The number of anilines is 1. The summed E-state index contributed by atoms with van der Waals surface area (Å²) in [6, 6.07) is 5.19. The Balaban J connectivity index is 2.74. The smallest absolute Gasteiger partial charge is 0.251 e. The first-order chi connectivity index (χ1) is 9.08. The Hall–Kier alpha value is -2.14. The van der Waals surface area contributed by atoms with Crippen molar-refractivity contribution in [3.05, 3.63) is 42.0 Å². The highest BCUT2D eigenvalue weighted by Gasteiger charge is 2.08. The zero-order valence-electron chi connectivity index (χ0n) is 11.2. The van der Waals surface area contributed by atoms with E-state index in [1.165, 1.54) is 0 Å². The zero-order chi connectivity index (χ0) is 14.3. The number of benzene rings is 1. The van der Waals surface area contributed by atoms with Crippen molar-refractivity contribution in [2.75, 3.05) is 25.5 Å².